The van der Waals surface area contributed by atoms with Crippen molar-refractivity contribution in [3.05, 3.63) is 26.6 Å². The van der Waals surface area contributed by atoms with E-state index in [1.54, 1.807) is 4.98 Å². The minimum absolute atomic E-state index is 0.184. The van der Waals surface area contributed by atoms with Crippen molar-refractivity contribution in [2.75, 3.05) is 0 Å². The van der Waals surface area contributed by atoms with Crippen LogP contribution in [0.4, 0.5) is 8.78 Å². The zero-order valence-electron chi connectivity index (χ0n) is 7.00. The van der Waals surface area contributed by atoms with Crippen LogP contribution in [0.2, 0.25) is 0 Å². The number of sulfonamides is 1. The molecule has 0 aliphatic carbocycles. The summed E-state index contributed by atoms with van der Waals surface area (Å²) in [5.41, 5.74) is -1.86. The van der Waals surface area contributed by atoms with Gasteiger partial charge in [0.15, 0.2) is 0 Å². The number of aromatic nitrogens is 1. The average Bonchev–Trinajstić information content (AvgIpc) is 2.06. The zero-order valence-corrected chi connectivity index (χ0v) is 9.40. The topological polar surface area (TPSA) is 93.0 Å². The third kappa shape index (κ3) is 2.61. The van der Waals surface area contributed by atoms with Crippen LogP contribution < -0.4 is 10.7 Å². The van der Waals surface area contributed by atoms with Crippen LogP contribution in [0, 0.1) is 0 Å². The van der Waals surface area contributed by atoms with Crippen molar-refractivity contribution >= 4 is 26.0 Å². The van der Waals surface area contributed by atoms with E-state index in [9.17, 15) is 22.0 Å². The molecule has 0 saturated heterocycles. The van der Waals surface area contributed by atoms with Gasteiger partial charge in [0.2, 0.25) is 10.0 Å². The molecule has 1 rings (SSSR count). The first-order chi connectivity index (χ1) is 6.73. The lowest BCUT2D eigenvalue weighted by Crippen LogP contribution is -2.20. The second-order valence-corrected chi connectivity index (χ2v) is 4.95. The van der Waals surface area contributed by atoms with Gasteiger partial charge in [-0.1, -0.05) is 0 Å². The van der Waals surface area contributed by atoms with Crippen molar-refractivity contribution in [3.8, 4) is 0 Å². The Bertz CT molecular complexity index is 540. The van der Waals surface area contributed by atoms with Gasteiger partial charge < -0.3 is 4.98 Å². The summed E-state index contributed by atoms with van der Waals surface area (Å²) in [7, 11) is -4.30. The third-order valence-electron chi connectivity index (χ3n) is 1.51. The van der Waals surface area contributed by atoms with Crippen molar-refractivity contribution < 1.29 is 17.2 Å². The van der Waals surface area contributed by atoms with E-state index in [1.807, 2.05) is 0 Å². The number of aromatic amines is 1. The highest BCUT2D eigenvalue weighted by Gasteiger charge is 2.22. The molecule has 0 radical (unpaired) electrons. The lowest BCUT2D eigenvalue weighted by Gasteiger charge is -2.06. The summed E-state index contributed by atoms with van der Waals surface area (Å²) >= 11 is 2.71. The van der Waals surface area contributed by atoms with Crippen LogP contribution in [0.15, 0.2) is 20.2 Å². The lowest BCUT2D eigenvalue weighted by atomic mass is 10.3. The Balaban J connectivity index is 3.64. The van der Waals surface area contributed by atoms with Crippen molar-refractivity contribution in [2.45, 2.75) is 11.3 Å². The fourth-order valence-electron chi connectivity index (χ4n) is 0.900. The summed E-state index contributed by atoms with van der Waals surface area (Å²) in [5.74, 6) is 0. The highest BCUT2D eigenvalue weighted by atomic mass is 79.9. The molecule has 1 heterocycles. The number of alkyl halides is 2. The van der Waals surface area contributed by atoms with E-state index in [4.69, 9.17) is 5.14 Å². The molecule has 0 spiro atoms. The van der Waals surface area contributed by atoms with Gasteiger partial charge in [0.05, 0.1) is 4.47 Å². The number of nitrogens with one attached hydrogen (secondary N) is 1. The maximum Gasteiger partial charge on any atom is 0.279 e. The van der Waals surface area contributed by atoms with E-state index >= 15 is 0 Å². The zero-order chi connectivity index (χ0) is 11.8. The van der Waals surface area contributed by atoms with Gasteiger partial charge in [-0.2, -0.15) is 0 Å². The fraction of sp³-hybridized carbons (Fsp3) is 0.167. The highest BCUT2D eigenvalue weighted by molar-refractivity contribution is 9.10. The number of rotatable bonds is 2. The predicted molar refractivity (Wildman–Crippen MR) is 51.1 cm³/mol. The standard InChI is InChI=1S/C6H5BrF2N2O3S/c7-2-1-3(15(10,13)14)4(5(8)9)11-6(2)12/h1,5H,(H,11,12)(H2,10,13,14). The normalized spacial score (nSPS) is 12.1. The minimum atomic E-state index is -4.30. The molecule has 3 N–H and O–H groups in total. The SMILES string of the molecule is NS(=O)(=O)c1cc(Br)c(=O)[nH]c1C(F)F. The summed E-state index contributed by atoms with van der Waals surface area (Å²) < 4.78 is 46.4. The third-order valence-corrected chi connectivity index (χ3v) is 3.05. The number of halogens is 3. The molecule has 0 unspecified atom stereocenters. The van der Waals surface area contributed by atoms with Crippen LogP contribution >= 0.6 is 15.9 Å². The lowest BCUT2D eigenvalue weighted by molar-refractivity contribution is 0.142. The molecule has 1 aromatic rings. The smallest absolute Gasteiger partial charge is 0.279 e. The summed E-state index contributed by atoms with van der Waals surface area (Å²) in [5, 5.41) is 4.71. The quantitative estimate of drug-likeness (QED) is 0.843. The van der Waals surface area contributed by atoms with Crippen LogP contribution in [0.25, 0.3) is 0 Å². The Kier molecular flexibility index (Phi) is 3.26. The van der Waals surface area contributed by atoms with E-state index in [1.165, 1.54) is 0 Å². The van der Waals surface area contributed by atoms with E-state index in [-0.39, 0.29) is 4.47 Å². The minimum Gasteiger partial charge on any atom is -0.319 e. The van der Waals surface area contributed by atoms with Crippen LogP contribution in [0.5, 0.6) is 0 Å². The van der Waals surface area contributed by atoms with Crippen molar-refractivity contribution in [1.82, 2.24) is 4.98 Å². The summed E-state index contributed by atoms with van der Waals surface area (Å²) in [4.78, 5) is 11.9. The Labute approximate surface area is 91.5 Å². The van der Waals surface area contributed by atoms with Crippen LogP contribution in [-0.2, 0) is 10.0 Å². The summed E-state index contributed by atoms with van der Waals surface area (Å²) in [6.45, 7) is 0. The number of nitrogens with two attached hydrogens (primary N) is 1. The van der Waals surface area contributed by atoms with Gasteiger partial charge in [-0.3, -0.25) is 4.79 Å². The maximum atomic E-state index is 12.4. The molecular weight excluding hydrogens is 298 g/mol. The van der Waals surface area contributed by atoms with Crippen molar-refractivity contribution in [3.63, 3.8) is 0 Å². The second kappa shape index (κ2) is 3.99. The first kappa shape index (κ1) is 12.3. The van der Waals surface area contributed by atoms with Gasteiger partial charge in [0.1, 0.15) is 10.6 Å². The Morgan fingerprint density at radius 2 is 2.00 bits per heavy atom. The molecule has 0 fully saturated rings. The van der Waals surface area contributed by atoms with E-state index in [0.717, 1.165) is 6.07 Å². The molecule has 84 valence electrons. The van der Waals surface area contributed by atoms with Crippen molar-refractivity contribution in [2.24, 2.45) is 5.14 Å². The summed E-state index contributed by atoms with van der Waals surface area (Å²) in [6.07, 6.45) is -3.13. The highest BCUT2D eigenvalue weighted by Crippen LogP contribution is 2.24. The van der Waals surface area contributed by atoms with Gasteiger partial charge in [-0.05, 0) is 22.0 Å². The molecule has 15 heavy (non-hydrogen) atoms. The molecule has 0 aliphatic heterocycles. The van der Waals surface area contributed by atoms with Crippen molar-refractivity contribution in [1.29, 1.82) is 0 Å². The largest absolute Gasteiger partial charge is 0.319 e. The van der Waals surface area contributed by atoms with Gasteiger partial charge in [-0.25, -0.2) is 22.3 Å². The predicted octanol–water partition coefficient (Wildman–Crippen LogP) is 0.722. The van der Waals surface area contributed by atoms with Gasteiger partial charge in [0, 0.05) is 0 Å². The van der Waals surface area contributed by atoms with Gasteiger partial charge >= 0.3 is 0 Å². The van der Waals surface area contributed by atoms with Crippen LogP contribution in [0.1, 0.15) is 12.1 Å². The molecule has 0 bridgehead atoms. The Hall–Kier alpha value is -0.800. The summed E-state index contributed by atoms with van der Waals surface area (Å²) in [6, 6.07) is 0.746. The molecule has 0 saturated carbocycles. The number of hydrogen-bond acceptors (Lipinski definition) is 3. The molecule has 9 heteroatoms. The number of hydrogen-bond donors (Lipinski definition) is 2. The molecule has 0 amide bonds. The number of H-pyrrole nitrogens is 1. The van der Waals surface area contributed by atoms with E-state index in [2.05, 4.69) is 15.9 Å². The van der Waals surface area contributed by atoms with Gasteiger partial charge in [-0.15, -0.1) is 0 Å². The number of pyridine rings is 1. The fourth-order valence-corrected chi connectivity index (χ4v) is 2.11. The first-order valence-electron chi connectivity index (χ1n) is 3.47. The molecule has 0 aromatic carbocycles. The first-order valence-corrected chi connectivity index (χ1v) is 5.81. The van der Waals surface area contributed by atoms with Crippen LogP contribution in [0.3, 0.4) is 0 Å². The van der Waals surface area contributed by atoms with Gasteiger partial charge in [0.25, 0.3) is 12.0 Å². The second-order valence-electron chi connectivity index (χ2n) is 2.57. The Morgan fingerprint density at radius 1 is 1.47 bits per heavy atom. The molecule has 0 aliphatic rings. The monoisotopic (exact) mass is 302 g/mol. The molecular formula is C6H5BrF2N2O3S. The molecule has 0 atom stereocenters. The van der Waals surface area contributed by atoms with E-state index in [0.29, 0.717) is 0 Å². The maximum absolute atomic E-state index is 12.4. The van der Waals surface area contributed by atoms with E-state index < -0.39 is 32.6 Å². The molecule has 5 nitrogen and oxygen atoms in total. The number of primary sulfonamides is 1. The molecule has 1 aromatic heterocycles. The average molecular weight is 303 g/mol. The Morgan fingerprint density at radius 3 is 2.40 bits per heavy atom. The van der Waals surface area contributed by atoms with Crippen LogP contribution in [-0.4, -0.2) is 13.4 Å².